The van der Waals surface area contributed by atoms with Crippen molar-refractivity contribution in [2.75, 3.05) is 6.54 Å². The molecule has 0 saturated carbocycles. The van der Waals surface area contributed by atoms with Gasteiger partial charge in [-0.15, -0.1) is 10.2 Å². The zero-order chi connectivity index (χ0) is 13.2. The molecule has 0 saturated heterocycles. The van der Waals surface area contributed by atoms with E-state index in [4.69, 9.17) is 5.73 Å². The first-order valence-electron chi connectivity index (χ1n) is 6.21. The molecule has 0 unspecified atom stereocenters. The summed E-state index contributed by atoms with van der Waals surface area (Å²) < 4.78 is 3.08. The van der Waals surface area contributed by atoms with Gasteiger partial charge in [-0.25, -0.2) is 0 Å². The number of rotatable bonds is 5. The summed E-state index contributed by atoms with van der Waals surface area (Å²) in [6, 6.07) is 3.94. The van der Waals surface area contributed by atoms with Gasteiger partial charge in [0.25, 0.3) is 0 Å². The molecule has 0 bridgehead atoms. The smallest absolute Gasteiger partial charge is 0.160 e. The van der Waals surface area contributed by atoms with Gasteiger partial charge in [0.15, 0.2) is 5.65 Å². The lowest BCUT2D eigenvalue weighted by molar-refractivity contribution is 0.310. The van der Waals surface area contributed by atoms with Crippen LogP contribution in [0.25, 0.3) is 5.65 Å². The molecule has 0 atom stereocenters. The SMILES string of the molecule is CC(C)(CCN)CCc1nnc2ccc(Br)cn12. The second-order valence-electron chi connectivity index (χ2n) is 5.39. The predicted molar refractivity (Wildman–Crippen MR) is 76.5 cm³/mol. The van der Waals surface area contributed by atoms with Crippen LogP contribution in [0.5, 0.6) is 0 Å². The minimum Gasteiger partial charge on any atom is -0.330 e. The minimum absolute atomic E-state index is 0.257. The molecule has 98 valence electrons. The summed E-state index contributed by atoms with van der Waals surface area (Å²) in [6.07, 6.45) is 5.04. The standard InChI is InChI=1S/C13H19BrN4/c1-13(2,7-8-15)6-5-12-17-16-11-4-3-10(14)9-18(11)12/h3-4,9H,5-8,15H2,1-2H3. The number of aromatic nitrogens is 3. The monoisotopic (exact) mass is 310 g/mol. The van der Waals surface area contributed by atoms with E-state index >= 15 is 0 Å². The van der Waals surface area contributed by atoms with Crippen molar-refractivity contribution in [1.29, 1.82) is 0 Å². The van der Waals surface area contributed by atoms with Gasteiger partial charge in [-0.3, -0.25) is 4.40 Å². The van der Waals surface area contributed by atoms with E-state index in [1.54, 1.807) is 0 Å². The van der Waals surface area contributed by atoms with Crippen molar-refractivity contribution in [3.8, 4) is 0 Å². The Morgan fingerprint density at radius 3 is 2.78 bits per heavy atom. The number of aryl methyl sites for hydroxylation is 1. The quantitative estimate of drug-likeness (QED) is 0.924. The Kier molecular flexibility index (Phi) is 4.02. The summed E-state index contributed by atoms with van der Waals surface area (Å²) in [4.78, 5) is 0. The van der Waals surface area contributed by atoms with Crippen molar-refractivity contribution in [2.24, 2.45) is 11.1 Å². The molecule has 2 heterocycles. The zero-order valence-corrected chi connectivity index (χ0v) is 12.4. The molecule has 5 heteroatoms. The van der Waals surface area contributed by atoms with Crippen molar-refractivity contribution >= 4 is 21.6 Å². The van der Waals surface area contributed by atoms with Crippen molar-refractivity contribution in [2.45, 2.75) is 33.1 Å². The molecule has 18 heavy (non-hydrogen) atoms. The Hall–Kier alpha value is -0.940. The fourth-order valence-corrected chi connectivity index (χ4v) is 2.39. The van der Waals surface area contributed by atoms with Crippen LogP contribution >= 0.6 is 15.9 Å². The Balaban J connectivity index is 2.15. The normalized spacial score (nSPS) is 12.2. The molecule has 0 spiro atoms. The van der Waals surface area contributed by atoms with Gasteiger partial charge in [-0.1, -0.05) is 13.8 Å². The van der Waals surface area contributed by atoms with Crippen LogP contribution in [0.3, 0.4) is 0 Å². The Morgan fingerprint density at radius 2 is 2.06 bits per heavy atom. The van der Waals surface area contributed by atoms with Crippen LogP contribution in [0.1, 0.15) is 32.5 Å². The molecular weight excluding hydrogens is 292 g/mol. The molecule has 0 fully saturated rings. The number of halogens is 1. The molecule has 2 aromatic rings. The summed E-state index contributed by atoms with van der Waals surface area (Å²) in [5, 5.41) is 8.43. The van der Waals surface area contributed by atoms with E-state index in [2.05, 4.69) is 40.0 Å². The Labute approximate surface area is 116 Å². The first-order valence-corrected chi connectivity index (χ1v) is 7.00. The highest BCUT2D eigenvalue weighted by molar-refractivity contribution is 9.10. The van der Waals surface area contributed by atoms with E-state index < -0.39 is 0 Å². The van der Waals surface area contributed by atoms with Crippen molar-refractivity contribution in [3.05, 3.63) is 28.6 Å². The number of hydrogen-bond donors (Lipinski definition) is 1. The fraction of sp³-hybridized carbons (Fsp3) is 0.538. The molecule has 4 nitrogen and oxygen atoms in total. The lowest BCUT2D eigenvalue weighted by atomic mass is 9.84. The van der Waals surface area contributed by atoms with Crippen LogP contribution in [-0.2, 0) is 6.42 Å². The van der Waals surface area contributed by atoms with Crippen LogP contribution in [0.15, 0.2) is 22.8 Å². The van der Waals surface area contributed by atoms with Gasteiger partial charge in [0.05, 0.1) is 0 Å². The largest absolute Gasteiger partial charge is 0.330 e. The number of pyridine rings is 1. The second kappa shape index (κ2) is 5.36. The third kappa shape index (κ3) is 3.09. The van der Waals surface area contributed by atoms with Crippen LogP contribution in [0.2, 0.25) is 0 Å². The summed E-state index contributed by atoms with van der Waals surface area (Å²) in [5.41, 5.74) is 6.78. The van der Waals surface area contributed by atoms with Gasteiger partial charge in [-0.2, -0.15) is 0 Å². The first-order chi connectivity index (χ1) is 8.52. The molecule has 2 rings (SSSR count). The highest BCUT2D eigenvalue weighted by atomic mass is 79.9. The van der Waals surface area contributed by atoms with Crippen LogP contribution in [-0.4, -0.2) is 21.1 Å². The molecule has 0 aliphatic heterocycles. The lowest BCUT2D eigenvalue weighted by Crippen LogP contribution is -2.18. The molecule has 2 N–H and O–H groups in total. The molecule has 0 aliphatic rings. The number of fused-ring (bicyclic) bond motifs is 1. The number of hydrogen-bond acceptors (Lipinski definition) is 3. The third-order valence-corrected chi connectivity index (χ3v) is 3.75. The van der Waals surface area contributed by atoms with Gasteiger partial charge < -0.3 is 5.73 Å². The average Bonchev–Trinajstić information content (AvgIpc) is 2.69. The van der Waals surface area contributed by atoms with Crippen molar-refractivity contribution < 1.29 is 0 Å². The van der Waals surface area contributed by atoms with Gasteiger partial charge in [0, 0.05) is 17.1 Å². The summed E-state index contributed by atoms with van der Waals surface area (Å²) >= 11 is 3.47. The number of nitrogens with zero attached hydrogens (tertiary/aromatic N) is 3. The van der Waals surface area contributed by atoms with E-state index in [0.29, 0.717) is 0 Å². The summed E-state index contributed by atoms with van der Waals surface area (Å²) in [7, 11) is 0. The molecule has 2 aromatic heterocycles. The van der Waals surface area contributed by atoms with Crippen molar-refractivity contribution in [3.63, 3.8) is 0 Å². The Bertz CT molecular complexity index is 533. The Morgan fingerprint density at radius 1 is 1.28 bits per heavy atom. The maximum atomic E-state index is 5.63. The highest BCUT2D eigenvalue weighted by Gasteiger charge is 2.18. The van der Waals surface area contributed by atoms with Crippen LogP contribution in [0, 0.1) is 5.41 Å². The predicted octanol–water partition coefficient (Wildman–Crippen LogP) is 2.80. The molecule has 0 aromatic carbocycles. The third-order valence-electron chi connectivity index (χ3n) is 3.28. The fourth-order valence-electron chi connectivity index (χ4n) is 2.05. The van der Waals surface area contributed by atoms with Crippen LogP contribution in [0.4, 0.5) is 0 Å². The van der Waals surface area contributed by atoms with Crippen molar-refractivity contribution in [1.82, 2.24) is 14.6 Å². The van der Waals surface area contributed by atoms with E-state index in [-0.39, 0.29) is 5.41 Å². The summed E-state index contributed by atoms with van der Waals surface area (Å²) in [6.45, 7) is 5.23. The van der Waals surface area contributed by atoms with Gasteiger partial charge >= 0.3 is 0 Å². The molecular formula is C13H19BrN4. The van der Waals surface area contributed by atoms with Crippen LogP contribution < -0.4 is 5.73 Å². The van der Waals surface area contributed by atoms with E-state index in [9.17, 15) is 0 Å². The van der Waals surface area contributed by atoms with Gasteiger partial charge in [-0.05, 0) is 52.9 Å². The molecule has 0 radical (unpaired) electrons. The summed E-state index contributed by atoms with van der Waals surface area (Å²) in [5.74, 6) is 1.01. The lowest BCUT2D eigenvalue weighted by Gasteiger charge is -2.23. The second-order valence-corrected chi connectivity index (χ2v) is 6.31. The van der Waals surface area contributed by atoms with Gasteiger partial charge in [0.1, 0.15) is 5.82 Å². The number of nitrogens with two attached hydrogens (primary N) is 1. The zero-order valence-electron chi connectivity index (χ0n) is 10.9. The highest BCUT2D eigenvalue weighted by Crippen LogP contribution is 2.26. The van der Waals surface area contributed by atoms with E-state index in [0.717, 1.165) is 41.8 Å². The minimum atomic E-state index is 0.257. The van der Waals surface area contributed by atoms with Gasteiger partial charge in [0.2, 0.25) is 0 Å². The first kappa shape index (κ1) is 13.5. The molecule has 0 aliphatic carbocycles. The maximum absolute atomic E-state index is 5.63. The van der Waals surface area contributed by atoms with E-state index in [1.165, 1.54) is 0 Å². The molecule has 0 amide bonds. The van der Waals surface area contributed by atoms with E-state index in [1.807, 2.05) is 22.7 Å². The topological polar surface area (TPSA) is 56.2 Å². The average molecular weight is 311 g/mol. The maximum Gasteiger partial charge on any atom is 0.160 e.